The fourth-order valence-electron chi connectivity index (χ4n) is 2.58. The maximum atomic E-state index is 9.29. The molecule has 0 spiro atoms. The van der Waals surface area contributed by atoms with Gasteiger partial charge < -0.3 is 19.9 Å². The molecule has 0 saturated heterocycles. The zero-order valence-corrected chi connectivity index (χ0v) is 18.0. The topological polar surface area (TPSA) is 52.8 Å². The maximum Gasteiger partial charge on any atom is 0.193 e. The van der Waals surface area contributed by atoms with E-state index in [1.165, 1.54) is 5.56 Å². The number of aromatic hydroxyl groups is 1. The van der Waals surface area contributed by atoms with Crippen molar-refractivity contribution in [2.75, 3.05) is 20.6 Å². The fourth-order valence-corrected chi connectivity index (χ4v) is 2.85. The van der Waals surface area contributed by atoms with E-state index >= 15 is 0 Å². The van der Waals surface area contributed by atoms with E-state index < -0.39 is 0 Å². The summed E-state index contributed by atoms with van der Waals surface area (Å²) < 4.78 is 2.02. The SMILES string of the molecule is CN=C(NCCCc1ccc(O)cc1)N(C)Cc1cc(Cl)cn1C.I. The van der Waals surface area contributed by atoms with Gasteiger partial charge in [-0.15, -0.1) is 24.0 Å². The molecule has 1 aromatic carbocycles. The molecule has 2 aromatic rings. The standard InChI is InChI=1S/C18H25ClN4O.HI/c1-20-18(23(3)13-16-11-15(19)12-22(16)2)21-10-4-5-14-6-8-17(24)9-7-14;/h6-9,11-12,24H,4-5,10,13H2,1-3H3,(H,20,21);1H. The lowest BCUT2D eigenvalue weighted by Gasteiger charge is -2.22. The quantitative estimate of drug-likeness (QED) is 0.290. The number of nitrogens with one attached hydrogen (secondary N) is 1. The molecule has 2 N–H and O–H groups in total. The molecule has 7 heteroatoms. The second kappa shape index (κ2) is 10.6. The summed E-state index contributed by atoms with van der Waals surface area (Å²) in [5.41, 5.74) is 2.35. The third kappa shape index (κ3) is 6.78. The van der Waals surface area contributed by atoms with Gasteiger partial charge in [-0.25, -0.2) is 0 Å². The molecule has 25 heavy (non-hydrogen) atoms. The highest BCUT2D eigenvalue weighted by Crippen LogP contribution is 2.14. The normalized spacial score (nSPS) is 11.1. The van der Waals surface area contributed by atoms with Gasteiger partial charge in [-0.05, 0) is 36.6 Å². The summed E-state index contributed by atoms with van der Waals surface area (Å²) in [5.74, 6) is 1.16. The van der Waals surface area contributed by atoms with Crippen LogP contribution in [0.3, 0.4) is 0 Å². The molecule has 1 heterocycles. The highest BCUT2D eigenvalue weighted by atomic mass is 127. The van der Waals surface area contributed by atoms with Crippen LogP contribution in [0.15, 0.2) is 41.5 Å². The summed E-state index contributed by atoms with van der Waals surface area (Å²) >= 11 is 6.03. The van der Waals surface area contributed by atoms with E-state index in [0.29, 0.717) is 5.75 Å². The molecular formula is C18H26ClIN4O. The molecule has 0 radical (unpaired) electrons. The van der Waals surface area contributed by atoms with Crippen LogP contribution in [0.5, 0.6) is 5.75 Å². The lowest BCUT2D eigenvalue weighted by molar-refractivity contribution is 0.461. The van der Waals surface area contributed by atoms with Gasteiger partial charge in [-0.3, -0.25) is 4.99 Å². The Kier molecular flexibility index (Phi) is 9.13. The molecule has 0 aliphatic carbocycles. The molecule has 1 aromatic heterocycles. The van der Waals surface area contributed by atoms with Crippen LogP contribution in [0.4, 0.5) is 0 Å². The summed E-state index contributed by atoms with van der Waals surface area (Å²) in [4.78, 5) is 6.41. The number of guanidine groups is 1. The van der Waals surface area contributed by atoms with Crippen LogP contribution in [0, 0.1) is 0 Å². The maximum absolute atomic E-state index is 9.29. The molecule has 0 atom stereocenters. The number of aromatic nitrogens is 1. The third-order valence-electron chi connectivity index (χ3n) is 3.91. The highest BCUT2D eigenvalue weighted by Gasteiger charge is 2.09. The third-order valence-corrected chi connectivity index (χ3v) is 4.12. The lowest BCUT2D eigenvalue weighted by Crippen LogP contribution is -2.39. The van der Waals surface area contributed by atoms with Gasteiger partial charge in [0.1, 0.15) is 5.75 Å². The number of hydrogen-bond acceptors (Lipinski definition) is 2. The summed E-state index contributed by atoms with van der Waals surface area (Å²) in [7, 11) is 5.79. The number of rotatable bonds is 6. The minimum atomic E-state index is 0. The zero-order chi connectivity index (χ0) is 17.5. The number of nitrogens with zero attached hydrogens (tertiary/aromatic N) is 3. The predicted octanol–water partition coefficient (Wildman–Crippen LogP) is 3.64. The average Bonchev–Trinajstić information content (AvgIpc) is 2.86. The zero-order valence-electron chi connectivity index (χ0n) is 14.9. The van der Waals surface area contributed by atoms with Crippen molar-refractivity contribution in [1.82, 2.24) is 14.8 Å². The van der Waals surface area contributed by atoms with Crippen LogP contribution in [-0.4, -0.2) is 41.2 Å². The van der Waals surface area contributed by atoms with Crippen molar-refractivity contribution >= 4 is 41.5 Å². The van der Waals surface area contributed by atoms with E-state index in [9.17, 15) is 5.11 Å². The first-order chi connectivity index (χ1) is 11.5. The van der Waals surface area contributed by atoms with Gasteiger partial charge >= 0.3 is 0 Å². The molecule has 138 valence electrons. The summed E-state index contributed by atoms with van der Waals surface area (Å²) in [6.45, 7) is 1.58. The van der Waals surface area contributed by atoms with Crippen LogP contribution in [0.2, 0.25) is 5.02 Å². The van der Waals surface area contributed by atoms with E-state index in [2.05, 4.69) is 15.2 Å². The summed E-state index contributed by atoms with van der Waals surface area (Å²) in [6, 6.07) is 9.32. The molecule has 0 saturated carbocycles. The van der Waals surface area contributed by atoms with Crippen LogP contribution in [0.25, 0.3) is 0 Å². The van der Waals surface area contributed by atoms with E-state index in [-0.39, 0.29) is 24.0 Å². The molecule has 0 aliphatic rings. The van der Waals surface area contributed by atoms with Crippen LogP contribution in [0.1, 0.15) is 17.7 Å². The molecule has 5 nitrogen and oxygen atoms in total. The van der Waals surface area contributed by atoms with Crippen LogP contribution >= 0.6 is 35.6 Å². The first kappa shape index (κ1) is 21.6. The number of aliphatic imine (C=N–C) groups is 1. The van der Waals surface area contributed by atoms with Gasteiger partial charge in [0.05, 0.1) is 11.6 Å². The Morgan fingerprint density at radius 2 is 2.00 bits per heavy atom. The van der Waals surface area contributed by atoms with Crippen molar-refractivity contribution in [2.24, 2.45) is 12.0 Å². The number of benzene rings is 1. The van der Waals surface area contributed by atoms with Crippen molar-refractivity contribution in [1.29, 1.82) is 0 Å². The largest absolute Gasteiger partial charge is 0.508 e. The fraction of sp³-hybridized carbons (Fsp3) is 0.389. The monoisotopic (exact) mass is 476 g/mol. The molecule has 2 rings (SSSR count). The van der Waals surface area contributed by atoms with Gasteiger partial charge in [0, 0.05) is 39.6 Å². The van der Waals surface area contributed by atoms with E-state index in [4.69, 9.17) is 11.6 Å². The molecular weight excluding hydrogens is 451 g/mol. The molecule has 0 aliphatic heterocycles. The van der Waals surface area contributed by atoms with Crippen molar-refractivity contribution < 1.29 is 5.11 Å². The van der Waals surface area contributed by atoms with E-state index in [1.807, 2.05) is 43.1 Å². The number of phenols is 1. The Balaban J connectivity index is 0.00000312. The Hall–Kier alpha value is -1.41. The van der Waals surface area contributed by atoms with Crippen molar-refractivity contribution in [3.8, 4) is 5.75 Å². The minimum absolute atomic E-state index is 0. The number of hydrogen-bond donors (Lipinski definition) is 2. The number of halogens is 2. The second-order valence-electron chi connectivity index (χ2n) is 5.86. The van der Waals surface area contributed by atoms with Gasteiger partial charge in [0.2, 0.25) is 0 Å². The van der Waals surface area contributed by atoms with Crippen molar-refractivity contribution in [3.05, 3.63) is 52.8 Å². The Morgan fingerprint density at radius 3 is 2.56 bits per heavy atom. The summed E-state index contributed by atoms with van der Waals surface area (Å²) in [6.07, 6.45) is 3.85. The number of phenolic OH excluding ortho intramolecular Hbond substituents is 1. The van der Waals surface area contributed by atoms with Gasteiger partial charge in [0.25, 0.3) is 0 Å². The van der Waals surface area contributed by atoms with Crippen molar-refractivity contribution in [2.45, 2.75) is 19.4 Å². The molecule has 0 unspecified atom stereocenters. The summed E-state index contributed by atoms with van der Waals surface area (Å²) in [5, 5.41) is 13.4. The van der Waals surface area contributed by atoms with Gasteiger partial charge in [-0.1, -0.05) is 23.7 Å². The van der Waals surface area contributed by atoms with Gasteiger partial charge in [0.15, 0.2) is 5.96 Å². The molecule has 0 amide bonds. The Bertz CT molecular complexity index is 685. The first-order valence-corrected chi connectivity index (χ1v) is 8.38. The van der Waals surface area contributed by atoms with Crippen molar-refractivity contribution in [3.63, 3.8) is 0 Å². The molecule has 0 fully saturated rings. The molecule has 0 bridgehead atoms. The smallest absolute Gasteiger partial charge is 0.193 e. The first-order valence-electron chi connectivity index (χ1n) is 8.00. The van der Waals surface area contributed by atoms with E-state index in [0.717, 1.165) is 42.6 Å². The lowest BCUT2D eigenvalue weighted by atomic mass is 10.1. The van der Waals surface area contributed by atoms with E-state index in [1.54, 1.807) is 19.2 Å². The van der Waals surface area contributed by atoms with Crippen LogP contribution < -0.4 is 5.32 Å². The Labute approximate surface area is 171 Å². The average molecular weight is 477 g/mol. The minimum Gasteiger partial charge on any atom is -0.508 e. The van der Waals surface area contributed by atoms with Gasteiger partial charge in [-0.2, -0.15) is 0 Å². The second-order valence-corrected chi connectivity index (χ2v) is 6.30. The Morgan fingerprint density at radius 1 is 1.32 bits per heavy atom. The number of aryl methyl sites for hydroxylation is 2. The highest BCUT2D eigenvalue weighted by molar-refractivity contribution is 14.0. The van der Waals surface area contributed by atoms with Crippen LogP contribution in [-0.2, 0) is 20.0 Å². The predicted molar refractivity (Wildman–Crippen MR) is 115 cm³/mol.